The van der Waals surface area contributed by atoms with Gasteiger partial charge in [-0.05, 0) is 0 Å². The number of fused-ring (bicyclic) bond motifs is 10. The Bertz CT molecular complexity index is 2930. The van der Waals surface area contributed by atoms with Crippen molar-refractivity contribution in [3.63, 3.8) is 0 Å². The topological polar surface area (TPSA) is 43.9 Å². The van der Waals surface area contributed by atoms with E-state index in [-0.39, 0.29) is 0 Å². The van der Waals surface area contributed by atoms with E-state index in [1.165, 1.54) is 18.8 Å². The predicted octanol–water partition coefficient (Wildman–Crippen LogP) is 8.50. The Morgan fingerprint density at radius 2 is 1.12 bits per heavy atom. The van der Waals surface area contributed by atoms with Gasteiger partial charge in [0.2, 0.25) is 0 Å². The van der Waals surface area contributed by atoms with Crippen LogP contribution in [-0.4, -0.2) is 27.8 Å². The average Bonchev–Trinajstić information content (AvgIpc) is 3.85. The van der Waals surface area contributed by atoms with Gasteiger partial charge in [0.15, 0.2) is 0 Å². The Kier molecular flexibility index (Phi) is 6.10. The zero-order chi connectivity index (χ0) is 33.5. The first kappa shape index (κ1) is 28.6. The molecule has 4 nitrogen and oxygen atoms in total. The first-order chi connectivity index (χ1) is 25.3. The number of aromatic nitrogens is 3. The molecular formula is C46H29GeN3O. The molecule has 0 bridgehead atoms. The number of hydrogen-bond donors (Lipinski definition) is 0. The second kappa shape index (κ2) is 10.9. The van der Waals surface area contributed by atoms with E-state index in [4.69, 9.17) is 14.4 Å². The number of furan rings is 1. The number of hydrogen-bond acceptors (Lipinski definition) is 3. The summed E-state index contributed by atoms with van der Waals surface area (Å²) in [4.78, 5) is 11.5. The molecule has 51 heavy (non-hydrogen) atoms. The van der Waals surface area contributed by atoms with Crippen molar-refractivity contribution in [3.8, 4) is 28.3 Å². The van der Waals surface area contributed by atoms with Crippen molar-refractivity contribution < 1.29 is 4.42 Å². The maximum absolute atomic E-state index is 6.46. The molecule has 238 valence electrons. The number of rotatable bonds is 4. The Balaban J connectivity index is 1.36. The van der Waals surface area contributed by atoms with E-state index in [0.717, 1.165) is 65.1 Å². The number of benzene rings is 7. The maximum atomic E-state index is 6.46. The van der Waals surface area contributed by atoms with E-state index in [2.05, 4.69) is 168 Å². The summed E-state index contributed by atoms with van der Waals surface area (Å²) in [7, 11) is 0. The molecule has 0 amide bonds. The summed E-state index contributed by atoms with van der Waals surface area (Å²) in [6.45, 7) is 0. The van der Waals surface area contributed by atoms with Crippen molar-refractivity contribution >= 4 is 74.7 Å². The van der Waals surface area contributed by atoms with Gasteiger partial charge in [0, 0.05) is 0 Å². The fraction of sp³-hybridized carbons (Fsp3) is 0. The molecule has 1 aliphatic heterocycles. The van der Waals surface area contributed by atoms with Crippen LogP contribution in [0.5, 0.6) is 0 Å². The summed E-state index contributed by atoms with van der Waals surface area (Å²) in [5, 5.41) is 4.47. The number of nitrogens with zero attached hydrogens (tertiary/aromatic N) is 3. The second-order valence-corrected chi connectivity index (χ2v) is 21.0. The van der Waals surface area contributed by atoms with Gasteiger partial charge in [-0.3, -0.25) is 0 Å². The molecule has 11 rings (SSSR count). The van der Waals surface area contributed by atoms with Crippen LogP contribution in [0.3, 0.4) is 0 Å². The summed E-state index contributed by atoms with van der Waals surface area (Å²) >= 11 is -3.72. The quantitative estimate of drug-likeness (QED) is 0.172. The van der Waals surface area contributed by atoms with E-state index >= 15 is 0 Å². The molecule has 0 N–H and O–H groups in total. The first-order valence-corrected chi connectivity index (χ1v) is 21.5. The molecule has 0 atom stereocenters. The van der Waals surface area contributed by atoms with Gasteiger partial charge in [0.25, 0.3) is 0 Å². The molecule has 0 spiro atoms. The van der Waals surface area contributed by atoms with E-state index < -0.39 is 13.3 Å². The normalized spacial score (nSPS) is 13.3. The van der Waals surface area contributed by atoms with Gasteiger partial charge in [0.1, 0.15) is 0 Å². The van der Waals surface area contributed by atoms with Gasteiger partial charge in [-0.25, -0.2) is 0 Å². The fourth-order valence-electron chi connectivity index (χ4n) is 8.64. The summed E-state index contributed by atoms with van der Waals surface area (Å²) in [5.41, 5.74) is 8.26. The first-order valence-electron chi connectivity index (χ1n) is 17.3. The molecule has 3 aromatic heterocycles. The Morgan fingerprint density at radius 1 is 0.490 bits per heavy atom. The van der Waals surface area contributed by atoms with Crippen LogP contribution in [-0.2, 0) is 0 Å². The summed E-state index contributed by atoms with van der Waals surface area (Å²) < 4.78 is 14.0. The molecule has 1 aliphatic rings. The van der Waals surface area contributed by atoms with Crippen LogP contribution in [0.4, 0.5) is 0 Å². The van der Waals surface area contributed by atoms with Crippen LogP contribution in [0, 0.1) is 0 Å². The zero-order valence-electron chi connectivity index (χ0n) is 27.5. The van der Waals surface area contributed by atoms with Crippen molar-refractivity contribution in [1.82, 2.24) is 14.5 Å². The third kappa shape index (κ3) is 3.91. The van der Waals surface area contributed by atoms with Crippen LogP contribution >= 0.6 is 0 Å². The molecule has 7 aromatic carbocycles. The van der Waals surface area contributed by atoms with Crippen LogP contribution < -0.4 is 17.7 Å². The Morgan fingerprint density at radius 3 is 1.88 bits per heavy atom. The van der Waals surface area contributed by atoms with Crippen molar-refractivity contribution in [2.24, 2.45) is 0 Å². The standard InChI is InChI=1S/C46H29GeN3O/c1-4-16-30(17-5-1)43-42-35-23-10-13-25-37(35)47(31-18-6-2-7-19-31,32-20-8-3-9-21-32)45(42)49-46(48-43)50-38-26-14-11-22-33(38)34-28-29-40-41(44(34)50)36-24-12-15-27-39(36)51-40/h1-29H. The monoisotopic (exact) mass is 713 g/mol. The molecular weight excluding hydrogens is 683 g/mol. The van der Waals surface area contributed by atoms with Gasteiger partial charge in [-0.2, -0.15) is 0 Å². The van der Waals surface area contributed by atoms with Gasteiger partial charge < -0.3 is 0 Å². The predicted molar refractivity (Wildman–Crippen MR) is 212 cm³/mol. The third-order valence-corrected chi connectivity index (χ3v) is 20.6. The summed E-state index contributed by atoms with van der Waals surface area (Å²) in [6, 6.07) is 63.1. The molecule has 4 heterocycles. The van der Waals surface area contributed by atoms with Crippen LogP contribution in [0.2, 0.25) is 0 Å². The molecule has 0 radical (unpaired) electrons. The Hall–Kier alpha value is -6.24. The molecule has 0 unspecified atom stereocenters. The Labute approximate surface area is 296 Å². The van der Waals surface area contributed by atoms with Gasteiger partial charge in [-0.1, -0.05) is 0 Å². The molecule has 0 aliphatic carbocycles. The second-order valence-electron chi connectivity index (χ2n) is 13.3. The van der Waals surface area contributed by atoms with E-state index in [0.29, 0.717) is 5.95 Å². The van der Waals surface area contributed by atoms with Crippen molar-refractivity contribution in [1.29, 1.82) is 0 Å². The molecule has 5 heteroatoms. The van der Waals surface area contributed by atoms with Crippen LogP contribution in [0.1, 0.15) is 0 Å². The molecule has 0 fully saturated rings. The average molecular weight is 712 g/mol. The van der Waals surface area contributed by atoms with E-state index in [1.807, 2.05) is 12.1 Å². The third-order valence-electron chi connectivity index (χ3n) is 10.7. The molecule has 0 saturated carbocycles. The van der Waals surface area contributed by atoms with E-state index in [9.17, 15) is 0 Å². The van der Waals surface area contributed by atoms with Gasteiger partial charge in [-0.15, -0.1) is 0 Å². The zero-order valence-corrected chi connectivity index (χ0v) is 29.6. The van der Waals surface area contributed by atoms with Crippen LogP contribution in [0.15, 0.2) is 180 Å². The SMILES string of the molecule is c1ccc(-c2nc(-n3c4ccccc4c4ccc5oc6ccccc6c5c43)n[c]3c2-c2cccc[c]2[Ge]3([c]2ccccc2)[c]2ccccc2)cc1. The van der Waals surface area contributed by atoms with Crippen LogP contribution in [0.25, 0.3) is 72.1 Å². The fourth-order valence-corrected chi connectivity index (χ4v) is 19.1. The number of para-hydroxylation sites is 2. The molecule has 0 saturated heterocycles. The summed E-state index contributed by atoms with van der Waals surface area (Å²) in [5.74, 6) is 0.672. The van der Waals surface area contributed by atoms with Crippen molar-refractivity contribution in [3.05, 3.63) is 176 Å². The minimum absolute atomic E-state index is 0.672. The van der Waals surface area contributed by atoms with Crippen molar-refractivity contribution in [2.75, 3.05) is 0 Å². The van der Waals surface area contributed by atoms with Gasteiger partial charge >= 0.3 is 298 Å². The van der Waals surface area contributed by atoms with Crippen molar-refractivity contribution in [2.45, 2.75) is 0 Å². The summed E-state index contributed by atoms with van der Waals surface area (Å²) in [6.07, 6.45) is 0. The molecule has 10 aromatic rings. The van der Waals surface area contributed by atoms with E-state index in [1.54, 1.807) is 0 Å². The van der Waals surface area contributed by atoms with Gasteiger partial charge in [0.05, 0.1) is 0 Å². The minimum atomic E-state index is -3.72.